The van der Waals surface area contributed by atoms with Gasteiger partial charge in [-0.15, -0.1) is 0 Å². The van der Waals surface area contributed by atoms with E-state index in [9.17, 15) is 13.2 Å². The maximum absolute atomic E-state index is 12.5. The first-order chi connectivity index (χ1) is 11.9. The zero-order valence-corrected chi connectivity index (χ0v) is 14.7. The Morgan fingerprint density at radius 3 is 2.72 bits per heavy atom. The lowest BCUT2D eigenvalue weighted by atomic mass is 10.2. The largest absolute Gasteiger partial charge is 0.496 e. The number of hydrogen-bond donors (Lipinski definition) is 2. The topological polar surface area (TPSA) is 121 Å². The van der Waals surface area contributed by atoms with E-state index >= 15 is 0 Å². The van der Waals surface area contributed by atoms with Crippen LogP contribution in [0, 0.1) is 0 Å². The summed E-state index contributed by atoms with van der Waals surface area (Å²) in [6.45, 7) is 2.21. The predicted octanol–water partition coefficient (Wildman–Crippen LogP) is 1.07. The van der Waals surface area contributed by atoms with Crippen LogP contribution in [-0.2, 0) is 16.6 Å². The third-order valence-corrected chi connectivity index (χ3v) is 4.73. The molecule has 2 aromatic rings. The van der Waals surface area contributed by atoms with Crippen molar-refractivity contribution in [1.82, 2.24) is 9.71 Å². The van der Waals surface area contributed by atoms with Crippen molar-refractivity contribution >= 4 is 15.9 Å². The highest BCUT2D eigenvalue weighted by molar-refractivity contribution is 7.89. The van der Waals surface area contributed by atoms with Crippen LogP contribution < -0.4 is 19.9 Å². The quantitative estimate of drug-likeness (QED) is 0.722. The van der Waals surface area contributed by atoms with E-state index < -0.39 is 15.9 Å². The van der Waals surface area contributed by atoms with E-state index in [1.165, 1.54) is 25.3 Å². The fraction of sp³-hybridized carbons (Fsp3) is 0.250. The zero-order valence-electron chi connectivity index (χ0n) is 13.9. The van der Waals surface area contributed by atoms with E-state index in [0.29, 0.717) is 18.1 Å². The molecule has 134 valence electrons. The van der Waals surface area contributed by atoms with Crippen molar-refractivity contribution in [2.75, 3.05) is 13.7 Å². The van der Waals surface area contributed by atoms with E-state index in [1.807, 2.05) is 6.92 Å². The first-order valence-corrected chi connectivity index (χ1v) is 8.91. The van der Waals surface area contributed by atoms with Gasteiger partial charge in [0.05, 0.1) is 24.2 Å². The van der Waals surface area contributed by atoms with Gasteiger partial charge in [0.25, 0.3) is 5.91 Å². The molecule has 25 heavy (non-hydrogen) atoms. The molecule has 0 saturated carbocycles. The number of ether oxygens (including phenoxy) is 2. The lowest BCUT2D eigenvalue weighted by molar-refractivity contribution is 0.0997. The summed E-state index contributed by atoms with van der Waals surface area (Å²) in [4.78, 5) is 15.4. The number of carbonyl (C=O) groups is 1. The Hall–Kier alpha value is -2.65. The van der Waals surface area contributed by atoms with Gasteiger partial charge in [0, 0.05) is 18.3 Å². The second-order valence-corrected chi connectivity index (χ2v) is 6.72. The molecule has 0 radical (unpaired) electrons. The number of rotatable bonds is 8. The van der Waals surface area contributed by atoms with Crippen molar-refractivity contribution in [3.05, 3.63) is 47.7 Å². The molecular formula is C16H19N3O5S. The minimum Gasteiger partial charge on any atom is -0.496 e. The molecule has 9 heteroatoms. The molecule has 8 nitrogen and oxygen atoms in total. The molecule has 0 aliphatic rings. The lowest BCUT2D eigenvalue weighted by Gasteiger charge is -2.12. The van der Waals surface area contributed by atoms with Crippen molar-refractivity contribution in [3.63, 3.8) is 0 Å². The normalized spacial score (nSPS) is 11.1. The SMILES string of the molecule is CCOc1ncccc1CNS(=O)(=O)c1ccc(OC)c(C(N)=O)c1. The molecule has 2 rings (SSSR count). The summed E-state index contributed by atoms with van der Waals surface area (Å²) in [7, 11) is -2.50. The number of nitrogens with two attached hydrogens (primary N) is 1. The molecule has 0 bridgehead atoms. The van der Waals surface area contributed by atoms with Crippen LogP contribution in [0.15, 0.2) is 41.4 Å². The number of nitrogens with zero attached hydrogens (tertiary/aromatic N) is 1. The number of carbonyl (C=O) groups excluding carboxylic acids is 1. The number of amides is 1. The van der Waals surface area contributed by atoms with Crippen molar-refractivity contribution in [3.8, 4) is 11.6 Å². The zero-order chi connectivity index (χ0) is 18.4. The predicted molar refractivity (Wildman–Crippen MR) is 90.9 cm³/mol. The fourth-order valence-electron chi connectivity index (χ4n) is 2.13. The summed E-state index contributed by atoms with van der Waals surface area (Å²) in [6, 6.07) is 7.29. The van der Waals surface area contributed by atoms with Crippen LogP contribution in [0.3, 0.4) is 0 Å². The van der Waals surface area contributed by atoms with Gasteiger partial charge in [0.15, 0.2) is 0 Å². The summed E-state index contributed by atoms with van der Waals surface area (Å²) in [6.07, 6.45) is 1.56. The molecule has 0 unspecified atom stereocenters. The highest BCUT2D eigenvalue weighted by atomic mass is 32.2. The molecule has 0 atom stereocenters. The molecule has 0 aliphatic carbocycles. The summed E-state index contributed by atoms with van der Waals surface area (Å²) in [5, 5.41) is 0. The van der Waals surface area contributed by atoms with Crippen molar-refractivity contribution in [2.45, 2.75) is 18.4 Å². The van der Waals surface area contributed by atoms with Crippen LogP contribution in [0.4, 0.5) is 0 Å². The maximum atomic E-state index is 12.5. The van der Waals surface area contributed by atoms with E-state index in [-0.39, 0.29) is 22.8 Å². The molecular weight excluding hydrogens is 346 g/mol. The Labute approximate surface area is 146 Å². The smallest absolute Gasteiger partial charge is 0.252 e. The highest BCUT2D eigenvalue weighted by Crippen LogP contribution is 2.22. The van der Waals surface area contributed by atoms with Gasteiger partial charge in [0.1, 0.15) is 5.75 Å². The van der Waals surface area contributed by atoms with Crippen molar-refractivity contribution in [2.24, 2.45) is 5.73 Å². The van der Waals surface area contributed by atoms with Gasteiger partial charge in [-0.1, -0.05) is 6.07 Å². The third kappa shape index (κ3) is 4.46. The highest BCUT2D eigenvalue weighted by Gasteiger charge is 2.19. The van der Waals surface area contributed by atoms with Gasteiger partial charge in [-0.25, -0.2) is 18.1 Å². The molecule has 1 aromatic carbocycles. The minimum absolute atomic E-state index is 0.0105. The first-order valence-electron chi connectivity index (χ1n) is 7.43. The number of pyridine rings is 1. The molecule has 3 N–H and O–H groups in total. The molecule has 1 heterocycles. The Balaban J connectivity index is 2.25. The lowest BCUT2D eigenvalue weighted by Crippen LogP contribution is -2.24. The van der Waals surface area contributed by atoms with E-state index in [1.54, 1.807) is 18.3 Å². The van der Waals surface area contributed by atoms with E-state index in [0.717, 1.165) is 0 Å². The second kappa shape index (κ2) is 7.95. The van der Waals surface area contributed by atoms with Crippen LogP contribution in [-0.4, -0.2) is 33.0 Å². The molecule has 0 spiro atoms. The number of nitrogens with one attached hydrogen (secondary N) is 1. The molecule has 1 aromatic heterocycles. The van der Waals surface area contributed by atoms with Gasteiger partial charge in [-0.3, -0.25) is 4.79 Å². The number of benzene rings is 1. The van der Waals surface area contributed by atoms with Gasteiger partial charge < -0.3 is 15.2 Å². The number of methoxy groups -OCH3 is 1. The molecule has 0 fully saturated rings. The average Bonchev–Trinajstić information content (AvgIpc) is 2.60. The van der Waals surface area contributed by atoms with Crippen LogP contribution in [0.25, 0.3) is 0 Å². The molecule has 1 amide bonds. The Bertz CT molecular complexity index is 868. The molecule has 0 aliphatic heterocycles. The Morgan fingerprint density at radius 2 is 2.08 bits per heavy atom. The fourth-order valence-corrected chi connectivity index (χ4v) is 3.16. The van der Waals surface area contributed by atoms with E-state index in [4.69, 9.17) is 15.2 Å². The van der Waals surface area contributed by atoms with Gasteiger partial charge in [-0.05, 0) is 31.2 Å². The van der Waals surface area contributed by atoms with Crippen LogP contribution in [0.1, 0.15) is 22.8 Å². The van der Waals surface area contributed by atoms with Crippen LogP contribution in [0.2, 0.25) is 0 Å². The minimum atomic E-state index is -3.87. The maximum Gasteiger partial charge on any atom is 0.252 e. The summed E-state index contributed by atoms with van der Waals surface area (Å²) < 4.78 is 37.8. The monoisotopic (exact) mass is 365 g/mol. The van der Waals surface area contributed by atoms with E-state index in [2.05, 4.69) is 9.71 Å². The van der Waals surface area contributed by atoms with Crippen molar-refractivity contribution in [1.29, 1.82) is 0 Å². The Morgan fingerprint density at radius 1 is 1.32 bits per heavy atom. The average molecular weight is 365 g/mol. The van der Waals surface area contributed by atoms with Crippen molar-refractivity contribution < 1.29 is 22.7 Å². The standard InChI is InChI=1S/C16H19N3O5S/c1-3-24-16-11(5-4-8-18-16)10-19-25(21,22)12-6-7-14(23-2)13(9-12)15(17)20/h4-9,19H,3,10H2,1-2H3,(H2,17,20). The molecule has 0 saturated heterocycles. The summed E-state index contributed by atoms with van der Waals surface area (Å²) in [5.74, 6) is -0.211. The number of primary amides is 1. The number of hydrogen-bond acceptors (Lipinski definition) is 6. The van der Waals surface area contributed by atoms with Crippen LogP contribution in [0.5, 0.6) is 11.6 Å². The van der Waals surface area contributed by atoms with Gasteiger partial charge >= 0.3 is 0 Å². The summed E-state index contributed by atoms with van der Waals surface area (Å²) >= 11 is 0. The third-order valence-electron chi connectivity index (χ3n) is 3.33. The Kier molecular flexibility index (Phi) is 5.94. The van der Waals surface area contributed by atoms with Crippen LogP contribution >= 0.6 is 0 Å². The number of aromatic nitrogens is 1. The number of sulfonamides is 1. The second-order valence-electron chi connectivity index (χ2n) is 4.95. The van der Waals surface area contributed by atoms with Gasteiger partial charge in [0.2, 0.25) is 15.9 Å². The first kappa shape index (κ1) is 18.7. The summed E-state index contributed by atoms with van der Waals surface area (Å²) in [5.41, 5.74) is 5.84. The van der Waals surface area contributed by atoms with Gasteiger partial charge in [-0.2, -0.15) is 0 Å².